The molecule has 5 nitrogen and oxygen atoms in total. The van der Waals surface area contributed by atoms with E-state index in [0.717, 1.165) is 0 Å². The van der Waals surface area contributed by atoms with Gasteiger partial charge in [-0.1, -0.05) is 11.6 Å². The molecule has 0 aromatic carbocycles. The molecule has 2 heterocycles. The zero-order chi connectivity index (χ0) is 10.5. The Morgan fingerprint density at radius 3 is 2.73 bits per heavy atom. The van der Waals surface area contributed by atoms with E-state index in [1.807, 2.05) is 0 Å². The van der Waals surface area contributed by atoms with Gasteiger partial charge in [0.2, 0.25) is 5.91 Å². The molecule has 2 aliphatic rings. The number of halogens is 2. The summed E-state index contributed by atoms with van der Waals surface area (Å²) in [5, 5.41) is 9.09. The number of amides is 1. The van der Waals surface area contributed by atoms with Gasteiger partial charge in [-0.15, -0.1) is 12.4 Å². The second-order valence-corrected chi connectivity index (χ2v) is 3.85. The first-order valence-corrected chi connectivity index (χ1v) is 4.62. The van der Waals surface area contributed by atoms with Crippen molar-refractivity contribution in [1.29, 1.82) is 0 Å². The number of nitrogens with two attached hydrogens (primary N) is 1. The second-order valence-electron chi connectivity index (χ2n) is 3.40. The number of carboxylic acids is 1. The average Bonchev–Trinajstić information content (AvgIpc) is 2.15. The van der Waals surface area contributed by atoms with Gasteiger partial charge in [0.1, 0.15) is 11.7 Å². The largest absolute Gasteiger partial charge is 0.477 e. The number of nitrogens with zero attached hydrogens (tertiary/aromatic N) is 1. The fraction of sp³-hybridized carbons (Fsp3) is 0.500. The van der Waals surface area contributed by atoms with Crippen molar-refractivity contribution in [2.24, 2.45) is 5.73 Å². The molecule has 84 valence electrons. The van der Waals surface area contributed by atoms with Gasteiger partial charge in [-0.05, 0) is 12.8 Å². The van der Waals surface area contributed by atoms with E-state index in [-0.39, 0.29) is 35.1 Å². The molecule has 1 saturated heterocycles. The minimum absolute atomic E-state index is 0. The van der Waals surface area contributed by atoms with E-state index in [0.29, 0.717) is 12.8 Å². The Morgan fingerprint density at radius 2 is 2.20 bits per heavy atom. The standard InChI is InChI=1S/C8H9ClN2O3.ClH/c9-3-1-2-4-5(10)7(12)11(4)6(3)8(13)14;/h4-5H,1-2,10H2,(H,13,14);1H/t4-,5-;/m0./s1. The quantitative estimate of drug-likeness (QED) is 0.657. The Bertz CT molecular complexity index is 356. The lowest BCUT2D eigenvalue weighted by Crippen LogP contribution is -2.69. The number of carboxylic acid groups (broad SMARTS) is 1. The summed E-state index contributed by atoms with van der Waals surface area (Å²) in [5.74, 6) is -1.52. The highest BCUT2D eigenvalue weighted by Crippen LogP contribution is 2.36. The van der Waals surface area contributed by atoms with E-state index >= 15 is 0 Å². The van der Waals surface area contributed by atoms with Crippen LogP contribution in [0.3, 0.4) is 0 Å². The van der Waals surface area contributed by atoms with E-state index < -0.39 is 12.0 Å². The van der Waals surface area contributed by atoms with E-state index in [9.17, 15) is 9.59 Å². The molecule has 15 heavy (non-hydrogen) atoms. The molecule has 0 aromatic rings. The van der Waals surface area contributed by atoms with Gasteiger partial charge < -0.3 is 10.8 Å². The lowest BCUT2D eigenvalue weighted by molar-refractivity contribution is -0.152. The SMILES string of the molecule is Cl.N[C@@H]1C(=O)N2C(C(=O)O)=C(Cl)CC[C@@H]12. The number of aliphatic carboxylic acids is 1. The highest BCUT2D eigenvalue weighted by molar-refractivity contribution is 6.32. The second kappa shape index (κ2) is 4.00. The fourth-order valence-electron chi connectivity index (χ4n) is 1.89. The van der Waals surface area contributed by atoms with Gasteiger partial charge >= 0.3 is 5.97 Å². The first kappa shape index (κ1) is 12.3. The van der Waals surface area contributed by atoms with Gasteiger partial charge in [0.25, 0.3) is 0 Å². The highest BCUT2D eigenvalue weighted by atomic mass is 35.5. The lowest BCUT2D eigenvalue weighted by atomic mass is 9.87. The molecule has 0 radical (unpaired) electrons. The van der Waals surface area contributed by atoms with Crippen molar-refractivity contribution >= 4 is 35.9 Å². The maximum Gasteiger partial charge on any atom is 0.353 e. The van der Waals surface area contributed by atoms with Gasteiger partial charge in [0.05, 0.1) is 6.04 Å². The monoisotopic (exact) mass is 252 g/mol. The minimum Gasteiger partial charge on any atom is -0.477 e. The molecular formula is C8H10Cl2N2O3. The maximum atomic E-state index is 11.3. The molecule has 2 atom stereocenters. The molecule has 0 bridgehead atoms. The molecule has 0 aliphatic carbocycles. The van der Waals surface area contributed by atoms with Gasteiger partial charge in [0, 0.05) is 5.03 Å². The molecule has 2 rings (SSSR count). The summed E-state index contributed by atoms with van der Waals surface area (Å²) in [5.41, 5.74) is 5.43. The third kappa shape index (κ3) is 1.60. The topological polar surface area (TPSA) is 83.6 Å². The summed E-state index contributed by atoms with van der Waals surface area (Å²) in [6.45, 7) is 0. The molecule has 1 fully saturated rings. The summed E-state index contributed by atoms with van der Waals surface area (Å²) < 4.78 is 0. The summed E-state index contributed by atoms with van der Waals surface area (Å²) in [4.78, 5) is 23.3. The number of carbonyl (C=O) groups excluding carboxylic acids is 1. The number of hydrogen-bond donors (Lipinski definition) is 2. The number of rotatable bonds is 1. The number of allylic oxidation sites excluding steroid dienone is 1. The van der Waals surface area contributed by atoms with Crippen LogP contribution in [0, 0.1) is 0 Å². The van der Waals surface area contributed by atoms with Crippen LogP contribution >= 0.6 is 24.0 Å². The molecule has 2 aliphatic heterocycles. The fourth-order valence-corrected chi connectivity index (χ4v) is 2.18. The van der Waals surface area contributed by atoms with Crippen molar-refractivity contribution in [2.75, 3.05) is 0 Å². The first-order chi connectivity index (χ1) is 6.54. The molecule has 7 heteroatoms. The van der Waals surface area contributed by atoms with Crippen molar-refractivity contribution in [3.05, 3.63) is 10.7 Å². The zero-order valence-electron chi connectivity index (χ0n) is 7.64. The van der Waals surface area contributed by atoms with Crippen molar-refractivity contribution < 1.29 is 14.7 Å². The van der Waals surface area contributed by atoms with Crippen LogP contribution < -0.4 is 5.73 Å². The average molecular weight is 253 g/mol. The molecule has 3 N–H and O–H groups in total. The third-order valence-electron chi connectivity index (χ3n) is 2.63. The van der Waals surface area contributed by atoms with Crippen molar-refractivity contribution in [3.63, 3.8) is 0 Å². The molecule has 0 unspecified atom stereocenters. The Balaban J connectivity index is 0.00000112. The van der Waals surface area contributed by atoms with Gasteiger partial charge in [-0.2, -0.15) is 0 Å². The van der Waals surface area contributed by atoms with E-state index in [4.69, 9.17) is 22.4 Å². The Kier molecular flexibility index (Phi) is 3.28. The van der Waals surface area contributed by atoms with Crippen molar-refractivity contribution in [2.45, 2.75) is 24.9 Å². The van der Waals surface area contributed by atoms with Crippen LogP contribution in [0.2, 0.25) is 0 Å². The van der Waals surface area contributed by atoms with E-state index in [1.54, 1.807) is 0 Å². The number of carbonyl (C=O) groups is 2. The zero-order valence-corrected chi connectivity index (χ0v) is 9.22. The van der Waals surface area contributed by atoms with Gasteiger partial charge in [0.15, 0.2) is 0 Å². The molecule has 1 amide bonds. The van der Waals surface area contributed by atoms with Crippen LogP contribution in [0.4, 0.5) is 0 Å². The number of fused-ring (bicyclic) bond motifs is 1. The summed E-state index contributed by atoms with van der Waals surface area (Å²) >= 11 is 5.75. The van der Waals surface area contributed by atoms with Crippen molar-refractivity contribution in [1.82, 2.24) is 4.90 Å². The van der Waals surface area contributed by atoms with Gasteiger partial charge in [-0.3, -0.25) is 9.69 Å². The molecular weight excluding hydrogens is 243 g/mol. The normalized spacial score (nSPS) is 29.2. The Morgan fingerprint density at radius 1 is 1.60 bits per heavy atom. The summed E-state index contributed by atoms with van der Waals surface area (Å²) in [7, 11) is 0. The van der Waals surface area contributed by atoms with Crippen LogP contribution in [-0.2, 0) is 9.59 Å². The van der Waals surface area contributed by atoms with Gasteiger partial charge in [-0.25, -0.2) is 4.79 Å². The predicted octanol–water partition coefficient (Wildman–Crippen LogP) is 0.275. The number of hydrogen-bond acceptors (Lipinski definition) is 3. The highest BCUT2D eigenvalue weighted by Gasteiger charge is 2.50. The Labute approximate surface area is 97.3 Å². The Hall–Kier alpha value is -0.780. The van der Waals surface area contributed by atoms with Crippen LogP contribution in [0.5, 0.6) is 0 Å². The molecule has 0 aromatic heterocycles. The summed E-state index contributed by atoms with van der Waals surface area (Å²) in [6, 6.07) is -0.745. The minimum atomic E-state index is -1.17. The predicted molar refractivity (Wildman–Crippen MR) is 55.6 cm³/mol. The van der Waals surface area contributed by atoms with Crippen LogP contribution in [0.1, 0.15) is 12.8 Å². The van der Waals surface area contributed by atoms with Crippen LogP contribution in [-0.4, -0.2) is 34.0 Å². The third-order valence-corrected chi connectivity index (χ3v) is 3.00. The van der Waals surface area contributed by atoms with E-state index in [1.165, 1.54) is 4.90 Å². The lowest BCUT2D eigenvalue weighted by Gasteiger charge is -2.47. The van der Waals surface area contributed by atoms with Crippen molar-refractivity contribution in [3.8, 4) is 0 Å². The first-order valence-electron chi connectivity index (χ1n) is 4.24. The number of β-lactam (4-membered cyclic amide) rings is 1. The molecule has 0 saturated carbocycles. The van der Waals surface area contributed by atoms with E-state index in [2.05, 4.69) is 0 Å². The smallest absolute Gasteiger partial charge is 0.353 e. The van der Waals surface area contributed by atoms with Crippen LogP contribution in [0.15, 0.2) is 10.7 Å². The summed E-state index contributed by atoms with van der Waals surface area (Å²) in [6.07, 6.45) is 1.12. The van der Waals surface area contributed by atoms with Crippen LogP contribution in [0.25, 0.3) is 0 Å². The molecule has 0 spiro atoms. The maximum absolute atomic E-state index is 11.3.